The Balaban J connectivity index is 2.26. The number of hydrogen-bond donors (Lipinski definition) is 2. The van der Waals surface area contributed by atoms with Gasteiger partial charge in [0.05, 0.1) is 19.0 Å². The van der Waals surface area contributed by atoms with Crippen LogP contribution in [0.3, 0.4) is 0 Å². The van der Waals surface area contributed by atoms with Crippen LogP contribution in [0.1, 0.15) is 28.9 Å². The smallest absolute Gasteiger partial charge is 0.341 e. The maximum absolute atomic E-state index is 11.8. The number of rotatable bonds is 4. The quantitative estimate of drug-likeness (QED) is 0.827. The van der Waals surface area contributed by atoms with Crippen molar-refractivity contribution in [1.82, 2.24) is 4.98 Å². The van der Waals surface area contributed by atoms with Gasteiger partial charge in [-0.25, -0.2) is 9.78 Å². The third-order valence-electron chi connectivity index (χ3n) is 3.04. The highest BCUT2D eigenvalue weighted by molar-refractivity contribution is 9.10. The Labute approximate surface area is 131 Å². The first-order valence-corrected chi connectivity index (χ1v) is 7.16. The van der Waals surface area contributed by atoms with Crippen molar-refractivity contribution in [2.45, 2.75) is 13.0 Å². The topological polar surface area (TPSA) is 77.2 Å². The second-order valence-electron chi connectivity index (χ2n) is 4.57. The number of carbonyl (C=O) groups excluding carboxylic acids is 1. The van der Waals surface area contributed by atoms with Crippen LogP contribution >= 0.6 is 15.9 Å². The average Bonchev–Trinajstić information content (AvgIpc) is 2.48. The molecule has 110 valence electrons. The van der Waals surface area contributed by atoms with Crippen LogP contribution in [0, 0.1) is 0 Å². The lowest BCUT2D eigenvalue weighted by Crippen LogP contribution is -2.13. The maximum atomic E-state index is 11.8. The van der Waals surface area contributed by atoms with Gasteiger partial charge in [-0.1, -0.05) is 28.1 Å². The van der Waals surface area contributed by atoms with E-state index >= 15 is 0 Å². The van der Waals surface area contributed by atoms with Gasteiger partial charge in [0.15, 0.2) is 0 Å². The zero-order valence-corrected chi connectivity index (χ0v) is 13.3. The van der Waals surface area contributed by atoms with Gasteiger partial charge in [-0.3, -0.25) is 0 Å². The number of nitrogens with one attached hydrogen (secondary N) is 1. The number of benzene rings is 1. The molecule has 0 bridgehead atoms. The molecular weight excluding hydrogens is 334 g/mol. The zero-order valence-electron chi connectivity index (χ0n) is 11.8. The van der Waals surface area contributed by atoms with E-state index in [0.717, 1.165) is 10.0 Å². The lowest BCUT2D eigenvalue weighted by molar-refractivity contribution is 0.0601. The van der Waals surface area contributed by atoms with E-state index in [2.05, 4.69) is 26.2 Å². The summed E-state index contributed by atoms with van der Waals surface area (Å²) in [4.78, 5) is 16.0. The zero-order chi connectivity index (χ0) is 15.4. The molecule has 1 aromatic heterocycles. The van der Waals surface area contributed by atoms with Crippen LogP contribution < -0.4 is 11.1 Å². The van der Waals surface area contributed by atoms with Gasteiger partial charge in [-0.2, -0.15) is 0 Å². The molecule has 0 aliphatic heterocycles. The predicted octanol–water partition coefficient (Wildman–Crippen LogP) is 3.39. The molecular formula is C15H16BrN3O2. The summed E-state index contributed by atoms with van der Waals surface area (Å²) in [5, 5.41) is 3.21. The van der Waals surface area contributed by atoms with Gasteiger partial charge in [0.2, 0.25) is 0 Å². The average molecular weight is 350 g/mol. The molecule has 1 aromatic carbocycles. The molecule has 6 heteroatoms. The van der Waals surface area contributed by atoms with E-state index in [1.165, 1.54) is 13.3 Å². The van der Waals surface area contributed by atoms with Crippen molar-refractivity contribution in [3.63, 3.8) is 0 Å². The Morgan fingerprint density at radius 1 is 1.38 bits per heavy atom. The van der Waals surface area contributed by atoms with E-state index in [9.17, 15) is 4.79 Å². The number of halogens is 1. The third kappa shape index (κ3) is 3.72. The van der Waals surface area contributed by atoms with Gasteiger partial charge in [0.25, 0.3) is 0 Å². The minimum atomic E-state index is -0.472. The standard InChI is InChI=1S/C15H16BrN3O2/c1-9(10-3-5-11(16)6-4-10)19-14-13(15(20)21-2)7-12(17)8-18-14/h3-9H,17H2,1-2H3,(H,18,19). The number of esters is 1. The summed E-state index contributed by atoms with van der Waals surface area (Å²) in [6.45, 7) is 1.99. The number of nitrogen functional groups attached to an aromatic ring is 1. The fourth-order valence-electron chi connectivity index (χ4n) is 1.90. The van der Waals surface area contributed by atoms with Gasteiger partial charge in [0.1, 0.15) is 11.4 Å². The van der Waals surface area contributed by atoms with Crippen LogP contribution in [0.15, 0.2) is 41.0 Å². The summed E-state index contributed by atoms with van der Waals surface area (Å²) in [7, 11) is 1.33. The Kier molecular flexibility index (Phi) is 4.80. The Morgan fingerprint density at radius 3 is 2.67 bits per heavy atom. The molecule has 0 fully saturated rings. The van der Waals surface area contributed by atoms with Crippen LogP contribution in [0.2, 0.25) is 0 Å². The number of pyridine rings is 1. The molecule has 1 atom stereocenters. The van der Waals surface area contributed by atoms with Gasteiger partial charge in [0, 0.05) is 10.5 Å². The minimum Gasteiger partial charge on any atom is -0.465 e. The molecule has 0 spiro atoms. The van der Waals surface area contributed by atoms with Gasteiger partial charge < -0.3 is 15.8 Å². The number of hydrogen-bond acceptors (Lipinski definition) is 5. The van der Waals surface area contributed by atoms with Crippen molar-refractivity contribution in [3.8, 4) is 0 Å². The van der Waals surface area contributed by atoms with Gasteiger partial charge in [-0.15, -0.1) is 0 Å². The van der Waals surface area contributed by atoms with Crippen LogP contribution in [0.25, 0.3) is 0 Å². The van der Waals surface area contributed by atoms with Crippen LogP contribution in [-0.2, 0) is 4.74 Å². The molecule has 0 saturated heterocycles. The van der Waals surface area contributed by atoms with Crippen molar-refractivity contribution in [3.05, 3.63) is 52.1 Å². The summed E-state index contributed by atoms with van der Waals surface area (Å²) < 4.78 is 5.77. The number of carbonyl (C=O) groups is 1. The van der Waals surface area contributed by atoms with Gasteiger partial charge >= 0.3 is 5.97 Å². The number of ether oxygens (including phenoxy) is 1. The lowest BCUT2D eigenvalue weighted by atomic mass is 10.1. The first kappa shape index (κ1) is 15.3. The van der Waals surface area contributed by atoms with E-state index in [-0.39, 0.29) is 6.04 Å². The second kappa shape index (κ2) is 6.58. The molecule has 0 amide bonds. The first-order valence-electron chi connectivity index (χ1n) is 6.37. The normalized spacial score (nSPS) is 11.8. The monoisotopic (exact) mass is 349 g/mol. The van der Waals surface area contributed by atoms with E-state index in [4.69, 9.17) is 10.5 Å². The van der Waals surface area contributed by atoms with E-state index < -0.39 is 5.97 Å². The predicted molar refractivity (Wildman–Crippen MR) is 86.2 cm³/mol. The summed E-state index contributed by atoms with van der Waals surface area (Å²) in [5.41, 5.74) is 7.49. The van der Waals surface area contributed by atoms with Crippen LogP contribution in [0.4, 0.5) is 11.5 Å². The molecule has 0 aliphatic carbocycles. The molecule has 5 nitrogen and oxygen atoms in total. The highest BCUT2D eigenvalue weighted by atomic mass is 79.9. The Morgan fingerprint density at radius 2 is 2.05 bits per heavy atom. The SMILES string of the molecule is COC(=O)c1cc(N)cnc1NC(C)c1ccc(Br)cc1. The molecule has 3 N–H and O–H groups in total. The molecule has 1 heterocycles. The van der Waals surface area contributed by atoms with Crippen molar-refractivity contribution in [2.24, 2.45) is 0 Å². The van der Waals surface area contributed by atoms with Crippen molar-refractivity contribution in [1.29, 1.82) is 0 Å². The summed E-state index contributed by atoms with van der Waals surface area (Å²) >= 11 is 3.40. The molecule has 0 saturated carbocycles. The molecule has 2 aromatic rings. The fraction of sp³-hybridized carbons (Fsp3) is 0.200. The fourth-order valence-corrected chi connectivity index (χ4v) is 2.17. The Bertz CT molecular complexity index is 644. The van der Waals surface area contributed by atoms with E-state index in [0.29, 0.717) is 17.1 Å². The molecule has 1 unspecified atom stereocenters. The summed E-state index contributed by atoms with van der Waals surface area (Å²) in [6.07, 6.45) is 1.50. The molecule has 0 aliphatic rings. The summed E-state index contributed by atoms with van der Waals surface area (Å²) in [6, 6.07) is 9.46. The van der Waals surface area contributed by atoms with Crippen LogP contribution in [0.5, 0.6) is 0 Å². The van der Waals surface area contributed by atoms with Gasteiger partial charge in [-0.05, 0) is 30.7 Å². The van der Waals surface area contributed by atoms with E-state index in [1.807, 2.05) is 31.2 Å². The lowest BCUT2D eigenvalue weighted by Gasteiger charge is -2.17. The third-order valence-corrected chi connectivity index (χ3v) is 3.57. The largest absolute Gasteiger partial charge is 0.465 e. The summed E-state index contributed by atoms with van der Waals surface area (Å²) in [5.74, 6) is -0.0215. The number of nitrogens with zero attached hydrogens (tertiary/aromatic N) is 1. The van der Waals surface area contributed by atoms with E-state index in [1.54, 1.807) is 6.07 Å². The number of anilines is 2. The van der Waals surface area contributed by atoms with Crippen LogP contribution in [-0.4, -0.2) is 18.1 Å². The Hall–Kier alpha value is -2.08. The molecule has 21 heavy (non-hydrogen) atoms. The van der Waals surface area contributed by atoms with Crippen molar-refractivity contribution >= 4 is 33.4 Å². The number of methoxy groups -OCH3 is 1. The first-order chi connectivity index (χ1) is 10.0. The highest BCUT2D eigenvalue weighted by Gasteiger charge is 2.16. The molecule has 0 radical (unpaired) electrons. The second-order valence-corrected chi connectivity index (χ2v) is 5.49. The minimum absolute atomic E-state index is 0.0161. The maximum Gasteiger partial charge on any atom is 0.341 e. The highest BCUT2D eigenvalue weighted by Crippen LogP contribution is 2.23. The van der Waals surface area contributed by atoms with Crippen molar-refractivity contribution in [2.75, 3.05) is 18.2 Å². The number of nitrogens with two attached hydrogens (primary N) is 1. The molecule has 2 rings (SSSR count). The van der Waals surface area contributed by atoms with Crippen molar-refractivity contribution < 1.29 is 9.53 Å². The number of aromatic nitrogens is 1.